The van der Waals surface area contributed by atoms with Gasteiger partial charge >= 0.3 is 5.69 Å². The first kappa shape index (κ1) is 16.4. The predicted molar refractivity (Wildman–Crippen MR) is 81.4 cm³/mol. The first-order valence-electron chi connectivity index (χ1n) is 7.63. The SMILES string of the molecule is Cc1nn(CCC(=O)N2CCCCC2CN)c(C)c1[N+](=O)[O-]. The Labute approximate surface area is 129 Å². The van der Waals surface area contributed by atoms with Crippen LogP contribution in [0.1, 0.15) is 37.1 Å². The lowest BCUT2D eigenvalue weighted by Gasteiger charge is -2.35. The zero-order valence-corrected chi connectivity index (χ0v) is 13.1. The molecule has 22 heavy (non-hydrogen) atoms. The van der Waals surface area contributed by atoms with Crippen molar-refractivity contribution in [2.75, 3.05) is 13.1 Å². The summed E-state index contributed by atoms with van der Waals surface area (Å²) < 4.78 is 1.55. The summed E-state index contributed by atoms with van der Waals surface area (Å²) in [6, 6.07) is 0.121. The van der Waals surface area contributed by atoms with Crippen LogP contribution in [0.4, 0.5) is 5.69 Å². The Kier molecular flexibility index (Phi) is 5.12. The molecule has 1 fully saturated rings. The molecule has 0 aromatic carbocycles. The summed E-state index contributed by atoms with van der Waals surface area (Å²) in [6.07, 6.45) is 3.35. The Morgan fingerprint density at radius 2 is 2.18 bits per heavy atom. The van der Waals surface area contributed by atoms with Crippen molar-refractivity contribution in [1.29, 1.82) is 0 Å². The van der Waals surface area contributed by atoms with E-state index in [-0.39, 0.29) is 24.1 Å². The Hall–Kier alpha value is -1.96. The van der Waals surface area contributed by atoms with Gasteiger partial charge in [-0.15, -0.1) is 0 Å². The lowest BCUT2D eigenvalue weighted by Crippen LogP contribution is -2.47. The van der Waals surface area contributed by atoms with Crippen LogP contribution in [-0.4, -0.2) is 44.6 Å². The fraction of sp³-hybridized carbons (Fsp3) is 0.714. The highest BCUT2D eigenvalue weighted by atomic mass is 16.6. The van der Waals surface area contributed by atoms with Crippen LogP contribution >= 0.6 is 0 Å². The minimum absolute atomic E-state index is 0.0326. The molecule has 2 heterocycles. The van der Waals surface area contributed by atoms with Crippen LogP contribution in [-0.2, 0) is 11.3 Å². The van der Waals surface area contributed by atoms with E-state index in [0.29, 0.717) is 24.5 Å². The molecule has 122 valence electrons. The number of rotatable bonds is 5. The molecule has 0 saturated carbocycles. The van der Waals surface area contributed by atoms with E-state index in [2.05, 4.69) is 5.10 Å². The van der Waals surface area contributed by atoms with Gasteiger partial charge in [-0.25, -0.2) is 0 Å². The van der Waals surface area contributed by atoms with Crippen molar-refractivity contribution in [2.24, 2.45) is 5.73 Å². The summed E-state index contributed by atoms with van der Waals surface area (Å²) in [5.74, 6) is 0.0466. The Morgan fingerprint density at radius 1 is 1.45 bits per heavy atom. The smallest absolute Gasteiger partial charge is 0.312 e. The van der Waals surface area contributed by atoms with E-state index in [1.807, 2.05) is 4.90 Å². The molecule has 8 heteroatoms. The second-order valence-corrected chi connectivity index (χ2v) is 5.72. The van der Waals surface area contributed by atoms with Crippen molar-refractivity contribution in [3.8, 4) is 0 Å². The first-order chi connectivity index (χ1) is 10.5. The third kappa shape index (κ3) is 3.27. The van der Waals surface area contributed by atoms with E-state index in [1.54, 1.807) is 18.5 Å². The highest BCUT2D eigenvalue weighted by Gasteiger charge is 2.26. The van der Waals surface area contributed by atoms with Gasteiger partial charge in [0.25, 0.3) is 0 Å². The van der Waals surface area contributed by atoms with E-state index >= 15 is 0 Å². The molecule has 1 aliphatic heterocycles. The molecule has 1 aliphatic rings. The van der Waals surface area contributed by atoms with Gasteiger partial charge < -0.3 is 10.6 Å². The van der Waals surface area contributed by atoms with Crippen molar-refractivity contribution in [2.45, 2.75) is 52.1 Å². The fourth-order valence-corrected chi connectivity index (χ4v) is 3.09. The first-order valence-corrected chi connectivity index (χ1v) is 7.63. The number of carbonyl (C=O) groups is 1. The lowest BCUT2D eigenvalue weighted by atomic mass is 10.0. The van der Waals surface area contributed by atoms with Gasteiger partial charge in [-0.1, -0.05) is 0 Å². The topological polar surface area (TPSA) is 107 Å². The quantitative estimate of drug-likeness (QED) is 0.648. The molecule has 2 N–H and O–H groups in total. The summed E-state index contributed by atoms with van der Waals surface area (Å²) in [5, 5.41) is 15.2. The molecular weight excluding hydrogens is 286 g/mol. The number of amides is 1. The van der Waals surface area contributed by atoms with Crippen LogP contribution in [0.25, 0.3) is 0 Å². The predicted octanol–water partition coefficient (Wildman–Crippen LogP) is 1.14. The number of nitrogens with zero attached hydrogens (tertiary/aromatic N) is 4. The molecule has 1 atom stereocenters. The van der Waals surface area contributed by atoms with E-state index in [1.165, 1.54) is 0 Å². The van der Waals surface area contributed by atoms with Crippen molar-refractivity contribution in [1.82, 2.24) is 14.7 Å². The second kappa shape index (κ2) is 6.87. The zero-order valence-electron chi connectivity index (χ0n) is 13.1. The average molecular weight is 309 g/mol. The van der Waals surface area contributed by atoms with E-state index < -0.39 is 4.92 Å². The molecule has 1 aromatic rings. The van der Waals surface area contributed by atoms with E-state index in [0.717, 1.165) is 25.8 Å². The van der Waals surface area contributed by atoms with Crippen molar-refractivity contribution < 1.29 is 9.72 Å². The zero-order chi connectivity index (χ0) is 16.3. The maximum absolute atomic E-state index is 12.4. The van der Waals surface area contributed by atoms with Gasteiger partial charge in [0.2, 0.25) is 5.91 Å². The van der Waals surface area contributed by atoms with Crippen LogP contribution in [0.15, 0.2) is 0 Å². The number of likely N-dealkylation sites (tertiary alicyclic amines) is 1. The summed E-state index contributed by atoms with van der Waals surface area (Å²) in [4.78, 5) is 24.8. The normalized spacial score (nSPS) is 18.5. The molecule has 1 unspecified atom stereocenters. The summed E-state index contributed by atoms with van der Waals surface area (Å²) in [7, 11) is 0. The number of hydrogen-bond donors (Lipinski definition) is 1. The van der Waals surface area contributed by atoms with E-state index in [4.69, 9.17) is 5.73 Å². The number of nitrogens with two attached hydrogens (primary N) is 1. The van der Waals surface area contributed by atoms with Crippen molar-refractivity contribution in [3.05, 3.63) is 21.5 Å². The molecule has 0 radical (unpaired) electrons. The molecule has 1 saturated heterocycles. The van der Waals surface area contributed by atoms with Gasteiger partial charge in [-0.3, -0.25) is 19.6 Å². The lowest BCUT2D eigenvalue weighted by molar-refractivity contribution is -0.386. The standard InChI is InChI=1S/C14H23N5O3/c1-10-14(19(21)22)11(2)18(16-10)8-6-13(20)17-7-4-3-5-12(17)9-15/h12H,3-9,15H2,1-2H3. The van der Waals surface area contributed by atoms with E-state index in [9.17, 15) is 14.9 Å². The van der Waals surface area contributed by atoms with Crippen LogP contribution in [0.2, 0.25) is 0 Å². The van der Waals surface area contributed by atoms with Crippen LogP contribution < -0.4 is 5.73 Å². The molecule has 2 rings (SSSR count). The van der Waals surface area contributed by atoms with Gasteiger partial charge in [0, 0.05) is 25.6 Å². The second-order valence-electron chi connectivity index (χ2n) is 5.72. The maximum atomic E-state index is 12.4. The fourth-order valence-electron chi connectivity index (χ4n) is 3.09. The Bertz CT molecular complexity index is 569. The van der Waals surface area contributed by atoms with Gasteiger partial charge in [0.05, 0.1) is 11.5 Å². The van der Waals surface area contributed by atoms with Crippen LogP contribution in [0.5, 0.6) is 0 Å². The molecular formula is C14H23N5O3. The Balaban J connectivity index is 2.02. The third-order valence-electron chi connectivity index (χ3n) is 4.28. The molecule has 1 aromatic heterocycles. The molecule has 1 amide bonds. The average Bonchev–Trinajstić information content (AvgIpc) is 2.78. The molecule has 0 aliphatic carbocycles. The number of carbonyl (C=O) groups excluding carboxylic acids is 1. The van der Waals surface area contributed by atoms with Crippen molar-refractivity contribution in [3.63, 3.8) is 0 Å². The van der Waals surface area contributed by atoms with Gasteiger partial charge in [0.15, 0.2) is 0 Å². The Morgan fingerprint density at radius 3 is 2.77 bits per heavy atom. The number of aromatic nitrogens is 2. The molecule has 0 spiro atoms. The summed E-state index contributed by atoms with van der Waals surface area (Å²) in [6.45, 7) is 4.85. The maximum Gasteiger partial charge on any atom is 0.312 e. The highest BCUT2D eigenvalue weighted by Crippen LogP contribution is 2.22. The van der Waals surface area contributed by atoms with Gasteiger partial charge in [0.1, 0.15) is 11.4 Å². The third-order valence-corrected chi connectivity index (χ3v) is 4.28. The highest BCUT2D eigenvalue weighted by molar-refractivity contribution is 5.76. The number of nitro groups is 1. The minimum atomic E-state index is -0.426. The minimum Gasteiger partial charge on any atom is -0.338 e. The van der Waals surface area contributed by atoms with Gasteiger partial charge in [-0.2, -0.15) is 5.10 Å². The van der Waals surface area contributed by atoms with Gasteiger partial charge in [-0.05, 0) is 33.1 Å². The summed E-state index contributed by atoms with van der Waals surface area (Å²) in [5.41, 5.74) is 6.64. The molecule has 8 nitrogen and oxygen atoms in total. The van der Waals surface area contributed by atoms with Crippen molar-refractivity contribution >= 4 is 11.6 Å². The summed E-state index contributed by atoms with van der Waals surface area (Å²) >= 11 is 0. The van der Waals surface area contributed by atoms with Crippen LogP contribution in [0.3, 0.4) is 0 Å². The monoisotopic (exact) mass is 309 g/mol. The largest absolute Gasteiger partial charge is 0.338 e. The number of aryl methyl sites for hydroxylation is 2. The number of piperidine rings is 1. The molecule has 0 bridgehead atoms. The number of hydrogen-bond acceptors (Lipinski definition) is 5. The van der Waals surface area contributed by atoms with Crippen LogP contribution in [0, 0.1) is 24.0 Å².